The maximum Gasteiger partial charge on any atom is 0.337 e. The van der Waals surface area contributed by atoms with Gasteiger partial charge in [-0.1, -0.05) is 36.0 Å². The lowest BCUT2D eigenvalue weighted by Crippen LogP contribution is -2.21. The molecular formula is C19H22N2O3S. The van der Waals surface area contributed by atoms with E-state index in [1.54, 1.807) is 18.8 Å². The van der Waals surface area contributed by atoms with Gasteiger partial charge in [0.1, 0.15) is 0 Å². The second kappa shape index (κ2) is 7.35. The Kier molecular flexibility index (Phi) is 5.18. The van der Waals surface area contributed by atoms with Crippen LogP contribution >= 0.6 is 11.8 Å². The first-order valence-corrected chi connectivity index (χ1v) is 9.26. The van der Waals surface area contributed by atoms with Crippen LogP contribution in [0.25, 0.3) is 5.70 Å². The zero-order chi connectivity index (χ0) is 18.0. The molecule has 0 radical (unpaired) electrons. The Balaban J connectivity index is 1.87. The summed E-state index contributed by atoms with van der Waals surface area (Å²) in [7, 11) is 1.64. The van der Waals surface area contributed by atoms with Crippen LogP contribution < -0.4 is 5.32 Å². The highest BCUT2D eigenvalue weighted by molar-refractivity contribution is 8.06. The molecule has 2 aliphatic heterocycles. The van der Waals surface area contributed by atoms with Gasteiger partial charge in [-0.2, -0.15) is 0 Å². The fraction of sp³-hybridized carbons (Fsp3) is 0.368. The Bertz CT molecular complexity index is 768. The zero-order valence-electron chi connectivity index (χ0n) is 14.7. The third-order valence-electron chi connectivity index (χ3n) is 4.17. The fourth-order valence-corrected chi connectivity index (χ4v) is 4.13. The Morgan fingerprint density at radius 3 is 2.80 bits per heavy atom. The molecule has 0 saturated carbocycles. The van der Waals surface area contributed by atoms with Crippen LogP contribution in [0.15, 0.2) is 40.3 Å². The summed E-state index contributed by atoms with van der Waals surface area (Å²) in [6.07, 6.45) is 0.897. The van der Waals surface area contributed by atoms with Crippen molar-refractivity contribution in [1.82, 2.24) is 10.2 Å². The third-order valence-corrected chi connectivity index (χ3v) is 5.21. The monoisotopic (exact) mass is 358 g/mol. The second-order valence-corrected chi connectivity index (χ2v) is 7.13. The molecule has 0 fully saturated rings. The van der Waals surface area contributed by atoms with Gasteiger partial charge in [-0.05, 0) is 19.4 Å². The van der Waals surface area contributed by atoms with Gasteiger partial charge in [0.15, 0.2) is 0 Å². The normalized spacial score (nSPS) is 16.2. The Morgan fingerprint density at radius 2 is 2.08 bits per heavy atom. The number of nitrogens with zero attached hydrogens (tertiary/aromatic N) is 1. The fourth-order valence-electron chi connectivity index (χ4n) is 3.00. The van der Waals surface area contributed by atoms with E-state index in [0.29, 0.717) is 12.8 Å². The summed E-state index contributed by atoms with van der Waals surface area (Å²) in [5, 5.41) is 5.68. The Labute approximate surface area is 152 Å². The number of esters is 1. The smallest absolute Gasteiger partial charge is 0.337 e. The lowest BCUT2D eigenvalue weighted by Gasteiger charge is -2.20. The van der Waals surface area contributed by atoms with Gasteiger partial charge in [-0.25, -0.2) is 4.79 Å². The molecule has 0 aliphatic carbocycles. The van der Waals surface area contributed by atoms with E-state index < -0.39 is 0 Å². The number of likely N-dealkylation sites (N-methyl/N-ethyl adjacent to an activating group) is 1. The Hall–Kier alpha value is -2.21. The van der Waals surface area contributed by atoms with Gasteiger partial charge in [0.2, 0.25) is 5.91 Å². The largest absolute Gasteiger partial charge is 0.460 e. The number of carbonyl (C=O) groups is 2. The van der Waals surface area contributed by atoms with E-state index in [1.165, 1.54) is 0 Å². The molecule has 0 saturated heterocycles. The number of nitrogens with one attached hydrogen (secondary N) is 1. The first-order chi connectivity index (χ1) is 12.0. The molecule has 6 heteroatoms. The van der Waals surface area contributed by atoms with Crippen molar-refractivity contribution in [2.75, 3.05) is 13.6 Å². The van der Waals surface area contributed by atoms with Gasteiger partial charge in [0.25, 0.3) is 0 Å². The average molecular weight is 358 g/mol. The van der Waals surface area contributed by atoms with E-state index in [9.17, 15) is 9.59 Å². The van der Waals surface area contributed by atoms with Crippen LogP contribution in [0.5, 0.6) is 0 Å². The first-order valence-electron chi connectivity index (χ1n) is 8.38. The van der Waals surface area contributed by atoms with Crippen LogP contribution in [0.2, 0.25) is 0 Å². The van der Waals surface area contributed by atoms with E-state index in [0.717, 1.165) is 34.0 Å². The number of ether oxygens (including phenoxy) is 1. The van der Waals surface area contributed by atoms with Crippen LogP contribution in [0.1, 0.15) is 31.4 Å². The van der Waals surface area contributed by atoms with Crippen LogP contribution in [0, 0.1) is 0 Å². The molecule has 1 aromatic carbocycles. The first kappa shape index (κ1) is 17.6. The summed E-state index contributed by atoms with van der Waals surface area (Å²) in [5.74, 6) is -0.245. The maximum absolute atomic E-state index is 12.3. The molecule has 2 heterocycles. The zero-order valence-corrected chi connectivity index (χ0v) is 15.5. The number of thioether (sulfide) groups is 1. The van der Waals surface area contributed by atoms with E-state index in [1.807, 2.05) is 38.1 Å². The number of fused-ring (bicyclic) bond motifs is 1. The molecule has 132 valence electrons. The minimum absolute atomic E-state index is 0.0166. The molecule has 0 unspecified atom stereocenters. The SMILES string of the molecule is CNC(=O)Cc1ccccc1C1=CSC2=C(C(=O)OC(C)C)CCN12. The van der Waals surface area contributed by atoms with Crippen molar-refractivity contribution in [2.24, 2.45) is 0 Å². The summed E-state index contributed by atoms with van der Waals surface area (Å²) in [6.45, 7) is 4.47. The van der Waals surface area contributed by atoms with Crippen LogP contribution in [-0.2, 0) is 20.7 Å². The highest BCUT2D eigenvalue weighted by Crippen LogP contribution is 2.46. The van der Waals surface area contributed by atoms with Crippen LogP contribution in [0.3, 0.4) is 0 Å². The summed E-state index contributed by atoms with van der Waals surface area (Å²) < 4.78 is 5.36. The molecular weight excluding hydrogens is 336 g/mol. The van der Waals surface area contributed by atoms with Gasteiger partial charge < -0.3 is 15.0 Å². The quantitative estimate of drug-likeness (QED) is 0.820. The molecule has 25 heavy (non-hydrogen) atoms. The van der Waals surface area contributed by atoms with Crippen molar-refractivity contribution in [3.05, 3.63) is 51.4 Å². The lowest BCUT2D eigenvalue weighted by atomic mass is 10.0. The van der Waals surface area contributed by atoms with Gasteiger partial charge in [0, 0.05) is 31.0 Å². The Morgan fingerprint density at radius 1 is 1.32 bits per heavy atom. The predicted octanol–water partition coefficient (Wildman–Crippen LogP) is 2.89. The molecule has 0 bridgehead atoms. The second-order valence-electron chi connectivity index (χ2n) is 6.27. The number of amides is 1. The van der Waals surface area contributed by atoms with Gasteiger partial charge in [0.05, 0.1) is 28.8 Å². The van der Waals surface area contributed by atoms with Crippen LogP contribution in [0.4, 0.5) is 0 Å². The van der Waals surface area contributed by atoms with Crippen molar-refractivity contribution in [2.45, 2.75) is 32.8 Å². The number of rotatable bonds is 5. The molecule has 1 aromatic rings. The van der Waals surface area contributed by atoms with Crippen molar-refractivity contribution >= 4 is 29.3 Å². The molecule has 1 N–H and O–H groups in total. The molecule has 0 spiro atoms. The minimum atomic E-state index is -0.228. The average Bonchev–Trinajstić information content (AvgIpc) is 3.16. The van der Waals surface area contributed by atoms with Crippen molar-refractivity contribution in [3.63, 3.8) is 0 Å². The third kappa shape index (κ3) is 3.58. The maximum atomic E-state index is 12.3. The highest BCUT2D eigenvalue weighted by Gasteiger charge is 2.35. The van der Waals surface area contributed by atoms with E-state index >= 15 is 0 Å². The molecule has 3 rings (SSSR count). The lowest BCUT2D eigenvalue weighted by molar-refractivity contribution is -0.142. The summed E-state index contributed by atoms with van der Waals surface area (Å²) in [5.41, 5.74) is 3.81. The molecule has 2 aliphatic rings. The van der Waals surface area contributed by atoms with Gasteiger partial charge in [-0.15, -0.1) is 0 Å². The number of hydrogen-bond acceptors (Lipinski definition) is 5. The van der Waals surface area contributed by atoms with Crippen molar-refractivity contribution in [3.8, 4) is 0 Å². The predicted molar refractivity (Wildman–Crippen MR) is 99.4 cm³/mol. The highest BCUT2D eigenvalue weighted by atomic mass is 32.2. The number of carbonyl (C=O) groups excluding carboxylic acids is 2. The minimum Gasteiger partial charge on any atom is -0.460 e. The van der Waals surface area contributed by atoms with Gasteiger partial charge in [-0.3, -0.25) is 4.79 Å². The molecule has 5 nitrogen and oxygen atoms in total. The van der Waals surface area contributed by atoms with E-state index in [2.05, 4.69) is 15.6 Å². The molecule has 0 atom stereocenters. The number of hydrogen-bond donors (Lipinski definition) is 1. The van der Waals surface area contributed by atoms with E-state index in [-0.39, 0.29) is 18.0 Å². The summed E-state index contributed by atoms with van der Waals surface area (Å²) in [4.78, 5) is 26.3. The van der Waals surface area contributed by atoms with E-state index in [4.69, 9.17) is 4.74 Å². The topological polar surface area (TPSA) is 58.6 Å². The van der Waals surface area contributed by atoms with Crippen molar-refractivity contribution < 1.29 is 14.3 Å². The summed E-state index contributed by atoms with van der Waals surface area (Å²) in [6, 6.07) is 7.91. The number of benzene rings is 1. The van der Waals surface area contributed by atoms with Gasteiger partial charge >= 0.3 is 5.97 Å². The van der Waals surface area contributed by atoms with Crippen molar-refractivity contribution in [1.29, 1.82) is 0 Å². The standard InChI is InChI=1S/C19H22N2O3S/c1-12(2)24-19(23)15-8-9-21-16(11-25-18(15)21)14-7-5-4-6-13(14)10-17(22)20-3/h4-7,11-12H,8-10H2,1-3H3,(H,20,22). The molecule has 1 amide bonds. The summed E-state index contributed by atoms with van der Waals surface area (Å²) >= 11 is 1.55. The van der Waals surface area contributed by atoms with Crippen LogP contribution in [-0.4, -0.2) is 36.5 Å². The molecule has 0 aromatic heterocycles.